The minimum atomic E-state index is -0.689. The van der Waals surface area contributed by atoms with Gasteiger partial charge in [-0.1, -0.05) is 87.9 Å². The zero-order chi connectivity index (χ0) is 24.5. The highest BCUT2D eigenvalue weighted by atomic mass is 16.7. The lowest BCUT2D eigenvalue weighted by Gasteiger charge is -2.36. The van der Waals surface area contributed by atoms with Gasteiger partial charge < -0.3 is 14.6 Å². The molecule has 0 bridgehead atoms. The van der Waals surface area contributed by atoms with Crippen LogP contribution >= 0.6 is 0 Å². The molecule has 4 aromatic carbocycles. The lowest BCUT2D eigenvalue weighted by atomic mass is 9.75. The van der Waals surface area contributed by atoms with Crippen LogP contribution in [0, 0.1) is 17.8 Å². The Hall–Kier alpha value is -3.53. The second-order valence-electron chi connectivity index (χ2n) is 10.2. The van der Waals surface area contributed by atoms with Crippen molar-refractivity contribution in [3.63, 3.8) is 0 Å². The van der Waals surface area contributed by atoms with Crippen LogP contribution in [0.4, 0.5) is 4.79 Å². The predicted octanol–water partition coefficient (Wildman–Crippen LogP) is 8.34. The number of fused-ring (bicyclic) bond motifs is 2. The van der Waals surface area contributed by atoms with E-state index in [1.807, 2.05) is 60.7 Å². The first-order valence-corrected chi connectivity index (χ1v) is 12.5. The van der Waals surface area contributed by atoms with E-state index in [-0.39, 0.29) is 11.9 Å². The van der Waals surface area contributed by atoms with Crippen molar-refractivity contribution in [1.29, 1.82) is 0 Å². The molecule has 1 N–H and O–H groups in total. The van der Waals surface area contributed by atoms with Gasteiger partial charge in [-0.2, -0.15) is 0 Å². The molecule has 0 amide bonds. The number of hydrogen-bond donors (Lipinski definition) is 1. The Bertz CT molecular complexity index is 1370. The zero-order valence-corrected chi connectivity index (χ0v) is 20.5. The van der Waals surface area contributed by atoms with Crippen molar-refractivity contribution in [2.75, 3.05) is 0 Å². The summed E-state index contributed by atoms with van der Waals surface area (Å²) in [5.41, 5.74) is 1.33. The molecule has 4 nitrogen and oxygen atoms in total. The summed E-state index contributed by atoms with van der Waals surface area (Å²) in [5, 5.41) is 14.8. The minimum Gasteiger partial charge on any atom is -0.507 e. The third-order valence-electron chi connectivity index (χ3n) is 7.45. The Morgan fingerprint density at radius 3 is 2.17 bits per heavy atom. The number of hydrogen-bond acceptors (Lipinski definition) is 4. The van der Waals surface area contributed by atoms with Gasteiger partial charge in [-0.15, -0.1) is 0 Å². The van der Waals surface area contributed by atoms with Crippen molar-refractivity contribution in [3.05, 3.63) is 72.8 Å². The van der Waals surface area contributed by atoms with Crippen LogP contribution in [0.15, 0.2) is 72.8 Å². The highest BCUT2D eigenvalue weighted by molar-refractivity contribution is 6.09. The highest BCUT2D eigenvalue weighted by Crippen LogP contribution is 2.45. The molecule has 0 radical (unpaired) electrons. The number of ether oxygens (including phenoxy) is 2. The molecule has 5 rings (SSSR count). The molecule has 180 valence electrons. The largest absolute Gasteiger partial charge is 0.514 e. The molecular weight excluding hydrogens is 436 g/mol. The molecule has 1 aliphatic rings. The van der Waals surface area contributed by atoms with Gasteiger partial charge in [0.15, 0.2) is 0 Å². The zero-order valence-electron chi connectivity index (χ0n) is 20.5. The molecule has 0 spiro atoms. The number of rotatable bonds is 4. The predicted molar refractivity (Wildman–Crippen MR) is 141 cm³/mol. The van der Waals surface area contributed by atoms with Crippen molar-refractivity contribution in [1.82, 2.24) is 0 Å². The molecule has 1 aliphatic carbocycles. The maximum Gasteiger partial charge on any atom is 0.514 e. The van der Waals surface area contributed by atoms with E-state index in [2.05, 4.69) is 20.8 Å². The molecule has 1 saturated carbocycles. The van der Waals surface area contributed by atoms with Gasteiger partial charge in [0.05, 0.1) is 0 Å². The highest BCUT2D eigenvalue weighted by Gasteiger charge is 2.34. The average Bonchev–Trinajstić information content (AvgIpc) is 2.84. The first kappa shape index (κ1) is 23.2. The number of benzene rings is 4. The Balaban J connectivity index is 1.57. The second-order valence-corrected chi connectivity index (χ2v) is 10.2. The summed E-state index contributed by atoms with van der Waals surface area (Å²) in [5.74, 6) is 1.80. The third-order valence-corrected chi connectivity index (χ3v) is 7.45. The molecule has 0 saturated heterocycles. The van der Waals surface area contributed by atoms with Crippen LogP contribution < -0.4 is 4.74 Å². The Kier molecular flexibility index (Phi) is 6.38. The molecule has 4 aromatic rings. The summed E-state index contributed by atoms with van der Waals surface area (Å²) in [4.78, 5) is 13.1. The summed E-state index contributed by atoms with van der Waals surface area (Å²) in [6.07, 6.45) is 2.23. The lowest BCUT2D eigenvalue weighted by molar-refractivity contribution is -0.0136. The van der Waals surface area contributed by atoms with Crippen molar-refractivity contribution in [2.24, 2.45) is 17.8 Å². The first-order chi connectivity index (χ1) is 16.9. The maximum absolute atomic E-state index is 13.1. The van der Waals surface area contributed by atoms with Crippen LogP contribution in [0.5, 0.6) is 11.5 Å². The molecule has 1 fully saturated rings. The van der Waals surface area contributed by atoms with E-state index in [0.717, 1.165) is 40.8 Å². The molecular formula is C31H32O4. The molecule has 0 aliphatic heterocycles. The van der Waals surface area contributed by atoms with E-state index >= 15 is 0 Å². The molecule has 3 atom stereocenters. The van der Waals surface area contributed by atoms with Crippen LogP contribution in [0.3, 0.4) is 0 Å². The van der Waals surface area contributed by atoms with Crippen molar-refractivity contribution >= 4 is 27.7 Å². The van der Waals surface area contributed by atoms with Crippen molar-refractivity contribution < 1.29 is 19.4 Å². The molecule has 0 heterocycles. The minimum absolute atomic E-state index is 0.138. The van der Waals surface area contributed by atoms with Gasteiger partial charge in [0.2, 0.25) is 0 Å². The third kappa shape index (κ3) is 4.58. The average molecular weight is 469 g/mol. The Morgan fingerprint density at radius 1 is 0.857 bits per heavy atom. The Labute approximate surface area is 206 Å². The number of aromatic hydroxyl groups is 1. The molecule has 35 heavy (non-hydrogen) atoms. The van der Waals surface area contributed by atoms with Crippen LogP contribution in [-0.2, 0) is 4.74 Å². The fourth-order valence-corrected chi connectivity index (χ4v) is 5.60. The summed E-state index contributed by atoms with van der Waals surface area (Å²) in [7, 11) is 0. The van der Waals surface area contributed by atoms with Gasteiger partial charge in [0, 0.05) is 11.1 Å². The van der Waals surface area contributed by atoms with Crippen molar-refractivity contribution in [2.45, 2.75) is 46.1 Å². The fraction of sp³-hybridized carbons (Fsp3) is 0.323. The van der Waals surface area contributed by atoms with E-state index in [9.17, 15) is 9.90 Å². The summed E-state index contributed by atoms with van der Waals surface area (Å²) in [6, 6.07) is 23.1. The quantitative estimate of drug-likeness (QED) is 0.241. The number of carbonyl (C=O) groups is 1. The molecule has 0 aromatic heterocycles. The topological polar surface area (TPSA) is 55.8 Å². The maximum atomic E-state index is 13.1. The van der Waals surface area contributed by atoms with Crippen LogP contribution in [-0.4, -0.2) is 17.4 Å². The number of phenolic OH excluding ortho intramolecular Hbond substituents is 1. The van der Waals surface area contributed by atoms with Crippen molar-refractivity contribution in [3.8, 4) is 22.6 Å². The monoisotopic (exact) mass is 468 g/mol. The summed E-state index contributed by atoms with van der Waals surface area (Å²) < 4.78 is 11.8. The lowest BCUT2D eigenvalue weighted by Crippen LogP contribution is -2.36. The summed E-state index contributed by atoms with van der Waals surface area (Å²) in [6.45, 7) is 6.59. The fourth-order valence-electron chi connectivity index (χ4n) is 5.60. The van der Waals surface area contributed by atoms with E-state index < -0.39 is 6.16 Å². The normalized spacial score (nSPS) is 20.3. The van der Waals surface area contributed by atoms with Gasteiger partial charge in [-0.25, -0.2) is 4.79 Å². The van der Waals surface area contributed by atoms with E-state index in [1.54, 1.807) is 12.1 Å². The smallest absolute Gasteiger partial charge is 0.507 e. The molecule has 4 heteroatoms. The van der Waals surface area contributed by atoms with Gasteiger partial charge in [-0.05, 0) is 64.3 Å². The number of carbonyl (C=O) groups excluding carboxylic acids is 1. The van der Waals surface area contributed by atoms with Crippen LogP contribution in [0.1, 0.15) is 40.0 Å². The SMILES string of the molecule is CC(C)C1CC[C@H](C)C[C@@H]1OC(=O)Oc1ccc2ccccc2c1-c1c(O)ccc2ccccc12. The van der Waals surface area contributed by atoms with E-state index in [1.165, 1.54) is 0 Å². The van der Waals surface area contributed by atoms with Crippen LogP contribution in [0.25, 0.3) is 32.7 Å². The van der Waals surface area contributed by atoms with E-state index in [0.29, 0.717) is 34.6 Å². The van der Waals surface area contributed by atoms with E-state index in [4.69, 9.17) is 9.47 Å². The number of phenols is 1. The van der Waals surface area contributed by atoms with Gasteiger partial charge in [-0.3, -0.25) is 0 Å². The second kappa shape index (κ2) is 9.61. The summed E-state index contributed by atoms with van der Waals surface area (Å²) >= 11 is 0. The Morgan fingerprint density at radius 2 is 1.49 bits per heavy atom. The van der Waals surface area contributed by atoms with Gasteiger partial charge >= 0.3 is 6.16 Å². The first-order valence-electron chi connectivity index (χ1n) is 12.5. The van der Waals surface area contributed by atoms with Gasteiger partial charge in [0.25, 0.3) is 0 Å². The van der Waals surface area contributed by atoms with Gasteiger partial charge in [0.1, 0.15) is 17.6 Å². The standard InChI is InChI=1S/C31H32O4/c1-19(2)23-15-12-20(3)18-28(23)35-31(33)34-27-17-14-22-9-5-7-11-25(22)30(27)29-24-10-6-4-8-21(24)13-16-26(29)32/h4-11,13-14,16-17,19-20,23,28,32H,12,15,18H2,1-3H3/t20-,23?,28-/m0/s1. The molecule has 1 unspecified atom stereocenters. The van der Waals surface area contributed by atoms with Crippen LogP contribution in [0.2, 0.25) is 0 Å².